The zero-order valence-corrected chi connectivity index (χ0v) is 18.7. The molecule has 1 N–H and O–H groups in total. The molecule has 4 aromatic rings. The Morgan fingerprint density at radius 3 is 2.68 bits per heavy atom. The highest BCUT2D eigenvalue weighted by molar-refractivity contribution is 9.10. The van der Waals surface area contributed by atoms with Gasteiger partial charge in [0.2, 0.25) is 5.89 Å². The van der Waals surface area contributed by atoms with Crippen LogP contribution in [0, 0.1) is 24.0 Å². The molecule has 0 bridgehead atoms. The molecule has 0 aliphatic heterocycles. The summed E-state index contributed by atoms with van der Waals surface area (Å²) < 4.78 is 6.38. The number of anilines is 1. The van der Waals surface area contributed by atoms with Gasteiger partial charge >= 0.3 is 0 Å². The van der Waals surface area contributed by atoms with E-state index in [1.807, 2.05) is 26.0 Å². The maximum atomic E-state index is 12.7. The summed E-state index contributed by atoms with van der Waals surface area (Å²) >= 11 is 9.63. The summed E-state index contributed by atoms with van der Waals surface area (Å²) in [5.74, 6) is -0.172. The molecular weight excluding hydrogens is 486 g/mol. The van der Waals surface area contributed by atoms with Crippen LogP contribution in [0.15, 0.2) is 57.4 Å². The fourth-order valence-corrected chi connectivity index (χ4v) is 3.88. The summed E-state index contributed by atoms with van der Waals surface area (Å²) in [6.07, 6.45) is 0. The summed E-state index contributed by atoms with van der Waals surface area (Å²) in [6.45, 7) is 3.93. The van der Waals surface area contributed by atoms with Crippen molar-refractivity contribution in [1.82, 2.24) is 4.98 Å². The number of hydrogen-bond acceptors (Lipinski definition) is 5. The first-order valence-electron chi connectivity index (χ1n) is 9.16. The Bertz CT molecular complexity index is 1370. The normalized spacial score (nSPS) is 11.0. The third-order valence-corrected chi connectivity index (χ3v) is 5.70. The van der Waals surface area contributed by atoms with Gasteiger partial charge in [0, 0.05) is 22.3 Å². The first kappa shape index (κ1) is 21.0. The van der Waals surface area contributed by atoms with E-state index in [-0.39, 0.29) is 11.3 Å². The average molecular weight is 501 g/mol. The van der Waals surface area contributed by atoms with E-state index in [1.54, 1.807) is 18.2 Å². The molecule has 0 fully saturated rings. The summed E-state index contributed by atoms with van der Waals surface area (Å²) in [5.41, 5.74) is 4.35. The molecule has 1 aromatic heterocycles. The number of nitro benzene ring substituents is 1. The van der Waals surface area contributed by atoms with Crippen molar-refractivity contribution in [2.45, 2.75) is 13.8 Å². The van der Waals surface area contributed by atoms with Crippen molar-refractivity contribution in [2.75, 3.05) is 5.32 Å². The predicted molar refractivity (Wildman–Crippen MR) is 123 cm³/mol. The molecule has 0 unspecified atom stereocenters. The largest absolute Gasteiger partial charge is 0.436 e. The zero-order chi connectivity index (χ0) is 22.3. The number of rotatable bonds is 4. The summed E-state index contributed by atoms with van der Waals surface area (Å²) in [5, 5.41) is 14.2. The van der Waals surface area contributed by atoms with E-state index in [4.69, 9.17) is 16.0 Å². The Labute approximate surface area is 190 Å². The fourth-order valence-electron chi connectivity index (χ4n) is 3.26. The second-order valence-electron chi connectivity index (χ2n) is 7.02. The Hall–Kier alpha value is -3.23. The number of oxazole rings is 1. The number of hydrogen-bond donors (Lipinski definition) is 1. The molecule has 3 aromatic carbocycles. The third kappa shape index (κ3) is 4.17. The SMILES string of the molecule is Cc1cc(C)c2oc(-c3cc(NC(=O)c4cc([N+](=O)[O-])ccc4Br)ccc3Cl)nc2c1. The standard InChI is InChI=1S/C22H15BrClN3O4/c1-11-7-12(2)20-19(8-11)26-22(31-20)16-9-13(3-6-18(16)24)25-21(28)15-10-14(27(29)30)4-5-17(15)23/h3-10H,1-2H3,(H,25,28). The van der Waals surface area contributed by atoms with Gasteiger partial charge in [-0.05, 0) is 71.2 Å². The lowest BCUT2D eigenvalue weighted by Crippen LogP contribution is -2.13. The average Bonchev–Trinajstić information content (AvgIpc) is 3.13. The zero-order valence-electron chi connectivity index (χ0n) is 16.4. The van der Waals surface area contributed by atoms with Gasteiger partial charge in [-0.25, -0.2) is 4.98 Å². The fraction of sp³-hybridized carbons (Fsp3) is 0.0909. The van der Waals surface area contributed by atoms with E-state index in [0.717, 1.165) is 16.6 Å². The molecule has 7 nitrogen and oxygen atoms in total. The predicted octanol–water partition coefficient (Wildman–Crippen LogP) is 6.69. The number of nitrogens with zero attached hydrogens (tertiary/aromatic N) is 2. The summed E-state index contributed by atoms with van der Waals surface area (Å²) in [6, 6.07) is 12.8. The van der Waals surface area contributed by atoms with Crippen LogP contribution in [0.2, 0.25) is 5.02 Å². The van der Waals surface area contributed by atoms with Gasteiger partial charge in [0.25, 0.3) is 11.6 Å². The second kappa shape index (κ2) is 8.13. The highest BCUT2D eigenvalue weighted by Gasteiger charge is 2.18. The van der Waals surface area contributed by atoms with Crippen molar-refractivity contribution in [3.8, 4) is 11.5 Å². The van der Waals surface area contributed by atoms with Gasteiger partial charge in [0.15, 0.2) is 5.58 Å². The van der Waals surface area contributed by atoms with Gasteiger partial charge in [-0.2, -0.15) is 0 Å². The minimum absolute atomic E-state index is 0.138. The Kier molecular flexibility index (Phi) is 5.51. The number of aryl methyl sites for hydroxylation is 2. The minimum atomic E-state index is -0.555. The van der Waals surface area contributed by atoms with Gasteiger partial charge in [0.1, 0.15) is 5.52 Å². The van der Waals surface area contributed by atoms with Crippen LogP contribution in [-0.2, 0) is 0 Å². The summed E-state index contributed by atoms with van der Waals surface area (Å²) in [7, 11) is 0. The topological polar surface area (TPSA) is 98.3 Å². The van der Waals surface area contributed by atoms with Crippen molar-refractivity contribution < 1.29 is 14.1 Å². The number of fused-ring (bicyclic) bond motifs is 1. The number of carbonyl (C=O) groups excluding carboxylic acids is 1. The van der Waals surface area contributed by atoms with Crippen LogP contribution in [-0.4, -0.2) is 15.8 Å². The lowest BCUT2D eigenvalue weighted by atomic mass is 10.1. The lowest BCUT2D eigenvalue weighted by Gasteiger charge is -2.09. The molecule has 31 heavy (non-hydrogen) atoms. The Morgan fingerprint density at radius 2 is 1.94 bits per heavy atom. The number of nitro groups is 1. The molecule has 0 spiro atoms. The van der Waals surface area contributed by atoms with E-state index in [1.165, 1.54) is 18.2 Å². The number of non-ortho nitro benzene ring substituents is 1. The molecule has 0 aliphatic rings. The third-order valence-electron chi connectivity index (χ3n) is 4.68. The Morgan fingerprint density at radius 1 is 1.16 bits per heavy atom. The molecule has 0 saturated carbocycles. The molecule has 0 radical (unpaired) electrons. The number of benzene rings is 3. The number of carbonyl (C=O) groups is 1. The highest BCUT2D eigenvalue weighted by Crippen LogP contribution is 2.34. The molecule has 4 rings (SSSR count). The van der Waals surface area contributed by atoms with E-state index in [2.05, 4.69) is 26.2 Å². The van der Waals surface area contributed by atoms with Crippen LogP contribution in [0.3, 0.4) is 0 Å². The molecule has 9 heteroatoms. The monoisotopic (exact) mass is 499 g/mol. The van der Waals surface area contributed by atoms with Crippen molar-refractivity contribution in [1.29, 1.82) is 0 Å². The van der Waals surface area contributed by atoms with E-state index >= 15 is 0 Å². The molecule has 156 valence electrons. The lowest BCUT2D eigenvalue weighted by molar-refractivity contribution is -0.384. The quantitative estimate of drug-likeness (QED) is 0.249. The van der Waals surface area contributed by atoms with Crippen LogP contribution in [0.4, 0.5) is 11.4 Å². The van der Waals surface area contributed by atoms with Crippen LogP contribution < -0.4 is 5.32 Å². The minimum Gasteiger partial charge on any atom is -0.436 e. The number of halogens is 2. The molecule has 0 saturated heterocycles. The van der Waals surface area contributed by atoms with Crippen molar-refractivity contribution >= 4 is 55.9 Å². The smallest absolute Gasteiger partial charge is 0.270 e. The van der Waals surface area contributed by atoms with E-state index in [9.17, 15) is 14.9 Å². The van der Waals surface area contributed by atoms with Gasteiger partial charge < -0.3 is 9.73 Å². The summed E-state index contributed by atoms with van der Waals surface area (Å²) in [4.78, 5) is 27.7. The first-order valence-corrected chi connectivity index (χ1v) is 10.3. The van der Waals surface area contributed by atoms with Gasteiger partial charge in [0.05, 0.1) is 21.1 Å². The molecule has 0 aliphatic carbocycles. The van der Waals surface area contributed by atoms with Crippen molar-refractivity contribution in [3.05, 3.63) is 84.8 Å². The molecule has 1 heterocycles. The van der Waals surface area contributed by atoms with Crippen molar-refractivity contribution in [3.63, 3.8) is 0 Å². The van der Waals surface area contributed by atoms with E-state index < -0.39 is 10.8 Å². The molecular formula is C22H15BrClN3O4. The molecule has 0 atom stereocenters. The van der Waals surface area contributed by atoms with Crippen molar-refractivity contribution in [2.24, 2.45) is 0 Å². The van der Waals surface area contributed by atoms with Gasteiger partial charge in [-0.15, -0.1) is 0 Å². The first-order chi connectivity index (χ1) is 14.7. The maximum absolute atomic E-state index is 12.7. The number of amides is 1. The second-order valence-corrected chi connectivity index (χ2v) is 8.28. The van der Waals surface area contributed by atoms with Gasteiger partial charge in [-0.3, -0.25) is 14.9 Å². The van der Waals surface area contributed by atoms with Crippen LogP contribution in [0.5, 0.6) is 0 Å². The van der Waals surface area contributed by atoms with Crippen LogP contribution >= 0.6 is 27.5 Å². The van der Waals surface area contributed by atoms with Gasteiger partial charge in [-0.1, -0.05) is 17.7 Å². The number of nitrogens with one attached hydrogen (secondary N) is 1. The number of aromatic nitrogens is 1. The molecule has 1 amide bonds. The van der Waals surface area contributed by atoms with Crippen LogP contribution in [0.25, 0.3) is 22.6 Å². The Balaban J connectivity index is 1.69. The maximum Gasteiger partial charge on any atom is 0.270 e. The van der Waals surface area contributed by atoms with Crippen LogP contribution in [0.1, 0.15) is 21.5 Å². The highest BCUT2D eigenvalue weighted by atomic mass is 79.9. The van der Waals surface area contributed by atoms with E-state index in [0.29, 0.717) is 32.2 Å².